The first-order valence-electron chi connectivity index (χ1n) is 3.24. The Balaban J connectivity index is 0.00000121. The Morgan fingerprint density at radius 1 is 1.33 bits per heavy atom. The Morgan fingerprint density at radius 2 is 1.83 bits per heavy atom. The fourth-order valence-electron chi connectivity index (χ4n) is 0.810. The van der Waals surface area contributed by atoms with Gasteiger partial charge < -0.3 is 10.8 Å². The summed E-state index contributed by atoms with van der Waals surface area (Å²) >= 11 is 0. The summed E-state index contributed by atoms with van der Waals surface area (Å²) in [7, 11) is 0. The monoisotopic (exact) mass is 353 g/mol. The van der Waals surface area contributed by atoms with Gasteiger partial charge in [0.05, 0.1) is 6.42 Å². The first-order chi connectivity index (χ1) is 5.18. The summed E-state index contributed by atoms with van der Waals surface area (Å²) < 4.78 is 0. The summed E-state index contributed by atoms with van der Waals surface area (Å²) in [6, 6.07) is 6.81. The normalized spacial score (nSPS) is 8.67. The zero-order valence-electron chi connectivity index (χ0n) is 6.66. The fourth-order valence-corrected chi connectivity index (χ4v) is 0.810. The van der Waals surface area contributed by atoms with Crippen LogP contribution in [0.25, 0.3) is 0 Å². The number of nitrogen functional groups attached to an aromatic ring is 1. The third kappa shape index (κ3) is 3.71. The SMILES string of the molecule is Nc1ccc(CC(=O)O)cc1.[Hg]. The summed E-state index contributed by atoms with van der Waals surface area (Å²) in [5.74, 6) is -0.824. The number of carbonyl (C=O) groups is 1. The molecule has 3 nitrogen and oxygen atoms in total. The van der Waals surface area contributed by atoms with E-state index in [0.717, 1.165) is 5.56 Å². The fraction of sp³-hybridized carbons (Fsp3) is 0.125. The minimum Gasteiger partial charge on any atom is -0.481 e. The van der Waals surface area contributed by atoms with Gasteiger partial charge in [0, 0.05) is 33.4 Å². The van der Waals surface area contributed by atoms with E-state index >= 15 is 0 Å². The summed E-state index contributed by atoms with van der Waals surface area (Å²) in [5, 5.41) is 8.40. The smallest absolute Gasteiger partial charge is 0.307 e. The Bertz CT molecular complexity index is 258. The number of anilines is 1. The van der Waals surface area contributed by atoms with Gasteiger partial charge >= 0.3 is 5.97 Å². The summed E-state index contributed by atoms with van der Waals surface area (Å²) in [6.45, 7) is 0. The Labute approximate surface area is 91.1 Å². The third-order valence-corrected chi connectivity index (χ3v) is 1.34. The van der Waals surface area contributed by atoms with E-state index in [1.54, 1.807) is 24.3 Å². The van der Waals surface area contributed by atoms with Crippen molar-refractivity contribution >= 4 is 11.7 Å². The van der Waals surface area contributed by atoms with Crippen LogP contribution in [0.3, 0.4) is 0 Å². The average Bonchev–Trinajstić information content (AvgIpc) is 1.93. The van der Waals surface area contributed by atoms with E-state index in [2.05, 4.69) is 0 Å². The summed E-state index contributed by atoms with van der Waals surface area (Å²) in [4.78, 5) is 10.2. The van der Waals surface area contributed by atoms with Gasteiger partial charge in [0.15, 0.2) is 0 Å². The average molecular weight is 352 g/mol. The second kappa shape index (κ2) is 5.14. The van der Waals surface area contributed by atoms with Crippen LogP contribution in [0.4, 0.5) is 5.69 Å². The first-order valence-corrected chi connectivity index (χ1v) is 3.24. The molecule has 0 aliphatic heterocycles. The zero-order valence-corrected chi connectivity index (χ0v) is 12.2. The van der Waals surface area contributed by atoms with Crippen molar-refractivity contribution in [3.05, 3.63) is 29.8 Å². The minimum absolute atomic E-state index is 0. The second-order valence-corrected chi connectivity index (χ2v) is 2.31. The molecule has 0 radical (unpaired) electrons. The molecule has 0 spiro atoms. The topological polar surface area (TPSA) is 63.3 Å². The number of hydrogen-bond donors (Lipinski definition) is 2. The van der Waals surface area contributed by atoms with Crippen LogP contribution in [0.1, 0.15) is 5.56 Å². The Hall–Kier alpha value is -0.575. The van der Waals surface area contributed by atoms with E-state index in [0.29, 0.717) is 5.69 Å². The molecule has 60 valence electrons. The number of benzene rings is 1. The van der Waals surface area contributed by atoms with Gasteiger partial charge in [-0.2, -0.15) is 0 Å². The van der Waals surface area contributed by atoms with Crippen LogP contribution >= 0.6 is 0 Å². The van der Waals surface area contributed by atoms with Crippen molar-refractivity contribution in [2.75, 3.05) is 5.73 Å². The third-order valence-electron chi connectivity index (χ3n) is 1.34. The van der Waals surface area contributed by atoms with E-state index in [4.69, 9.17) is 10.8 Å². The van der Waals surface area contributed by atoms with Gasteiger partial charge in [-0.1, -0.05) is 12.1 Å². The Morgan fingerprint density at radius 3 is 2.25 bits per heavy atom. The molecular weight excluding hydrogens is 343 g/mol. The van der Waals surface area contributed by atoms with E-state index in [9.17, 15) is 4.79 Å². The maximum atomic E-state index is 10.2. The van der Waals surface area contributed by atoms with Crippen LogP contribution in [0.2, 0.25) is 0 Å². The van der Waals surface area contributed by atoms with E-state index in [1.165, 1.54) is 0 Å². The molecule has 0 amide bonds. The molecule has 1 aromatic rings. The molecule has 0 saturated carbocycles. The molecule has 1 aromatic carbocycles. The number of aliphatic carboxylic acids is 1. The van der Waals surface area contributed by atoms with Crippen molar-refractivity contribution in [1.82, 2.24) is 0 Å². The molecule has 0 aromatic heterocycles. The number of rotatable bonds is 2. The zero-order chi connectivity index (χ0) is 8.27. The molecular formula is C8H9HgNO2. The van der Waals surface area contributed by atoms with E-state index < -0.39 is 5.97 Å². The summed E-state index contributed by atoms with van der Waals surface area (Å²) in [6.07, 6.45) is 0.0558. The van der Waals surface area contributed by atoms with Crippen LogP contribution < -0.4 is 5.73 Å². The van der Waals surface area contributed by atoms with Crippen LogP contribution in [0, 0.1) is 0 Å². The largest absolute Gasteiger partial charge is 0.481 e. The van der Waals surface area contributed by atoms with Crippen molar-refractivity contribution in [3.63, 3.8) is 0 Å². The predicted octanol–water partition coefficient (Wildman–Crippen LogP) is 0.893. The molecule has 0 fully saturated rings. The number of carboxylic acid groups (broad SMARTS) is 1. The van der Waals surface area contributed by atoms with Crippen molar-refractivity contribution in [2.24, 2.45) is 0 Å². The summed E-state index contributed by atoms with van der Waals surface area (Å²) in [5.41, 5.74) is 6.83. The molecule has 0 heterocycles. The van der Waals surface area contributed by atoms with Crippen LogP contribution in [0.15, 0.2) is 24.3 Å². The maximum absolute atomic E-state index is 10.2. The molecule has 0 saturated heterocycles. The minimum atomic E-state index is -0.824. The first kappa shape index (κ1) is 11.4. The molecule has 0 aliphatic rings. The van der Waals surface area contributed by atoms with Gasteiger partial charge in [-0.3, -0.25) is 4.79 Å². The Kier molecular flexibility index (Phi) is 4.89. The van der Waals surface area contributed by atoms with Gasteiger partial charge in [-0.15, -0.1) is 0 Å². The molecule has 0 aliphatic carbocycles. The molecule has 0 unspecified atom stereocenters. The molecule has 3 N–H and O–H groups in total. The van der Waals surface area contributed by atoms with Gasteiger partial charge in [-0.05, 0) is 17.7 Å². The molecule has 4 heteroatoms. The van der Waals surface area contributed by atoms with Gasteiger partial charge in [0.1, 0.15) is 0 Å². The van der Waals surface area contributed by atoms with E-state index in [-0.39, 0.29) is 34.1 Å². The van der Waals surface area contributed by atoms with E-state index in [1.807, 2.05) is 0 Å². The van der Waals surface area contributed by atoms with Crippen molar-refractivity contribution < 1.29 is 37.6 Å². The van der Waals surface area contributed by atoms with Gasteiger partial charge in [0.25, 0.3) is 0 Å². The molecule has 12 heavy (non-hydrogen) atoms. The van der Waals surface area contributed by atoms with Gasteiger partial charge in [-0.25, -0.2) is 0 Å². The van der Waals surface area contributed by atoms with Crippen molar-refractivity contribution in [3.8, 4) is 0 Å². The number of carboxylic acids is 1. The van der Waals surface area contributed by atoms with Crippen molar-refractivity contribution in [2.45, 2.75) is 6.42 Å². The molecule has 0 atom stereocenters. The standard InChI is InChI=1S/C8H9NO2.Hg/c9-7-3-1-6(2-4-7)5-8(10)11;/h1-4H,5,9H2,(H,10,11);. The van der Waals surface area contributed by atoms with Gasteiger partial charge in [0.2, 0.25) is 0 Å². The predicted molar refractivity (Wildman–Crippen MR) is 42.2 cm³/mol. The molecule has 1 rings (SSSR count). The number of hydrogen-bond acceptors (Lipinski definition) is 2. The quantitative estimate of drug-likeness (QED) is 0.614. The van der Waals surface area contributed by atoms with Crippen LogP contribution in [0.5, 0.6) is 0 Å². The second-order valence-electron chi connectivity index (χ2n) is 2.31. The number of nitrogens with two attached hydrogens (primary N) is 1. The van der Waals surface area contributed by atoms with Crippen molar-refractivity contribution in [1.29, 1.82) is 0 Å². The van der Waals surface area contributed by atoms with Crippen LogP contribution in [-0.4, -0.2) is 11.1 Å². The maximum Gasteiger partial charge on any atom is 0.307 e. The molecule has 0 bridgehead atoms. The van der Waals surface area contributed by atoms with Crippen LogP contribution in [-0.2, 0) is 38.9 Å².